The van der Waals surface area contributed by atoms with E-state index in [1.165, 1.54) is 0 Å². The first-order chi connectivity index (χ1) is 10.4. The monoisotopic (exact) mass is 364 g/mol. The number of halogens is 1. The molecule has 0 saturated carbocycles. The van der Waals surface area contributed by atoms with Gasteiger partial charge in [0.2, 0.25) is 0 Å². The molecule has 0 radical (unpaired) electrons. The van der Waals surface area contributed by atoms with Crippen LogP contribution in [0.3, 0.4) is 0 Å². The molecule has 0 aliphatic heterocycles. The number of methoxy groups -OCH3 is 1. The van der Waals surface area contributed by atoms with Crippen LogP contribution in [0, 0.1) is 0 Å². The van der Waals surface area contributed by atoms with Gasteiger partial charge in [-0.3, -0.25) is 4.68 Å². The topological polar surface area (TPSA) is 65.1 Å². The molecule has 2 aromatic heterocycles. The Bertz CT molecular complexity index is 817. The second-order valence-electron chi connectivity index (χ2n) is 5.78. The number of ether oxygens (including phenoxy) is 1. The molecule has 0 aliphatic carbocycles. The molecule has 0 bridgehead atoms. The van der Waals surface area contributed by atoms with Crippen molar-refractivity contribution in [2.24, 2.45) is 0 Å². The molecule has 0 spiro atoms. The lowest BCUT2D eigenvalue weighted by molar-refractivity contribution is 0.0574. The number of hydrogen-bond acceptors (Lipinski definition) is 4. The van der Waals surface area contributed by atoms with Crippen LogP contribution < -0.4 is 4.74 Å². The quantitative estimate of drug-likeness (QED) is 0.772. The summed E-state index contributed by atoms with van der Waals surface area (Å²) in [5, 5.41) is 19.8. The number of benzene rings is 1. The molecule has 3 aromatic rings. The van der Waals surface area contributed by atoms with E-state index in [4.69, 9.17) is 4.74 Å². The molecule has 0 fully saturated rings. The minimum Gasteiger partial charge on any atom is -0.478 e. The molecule has 2 heterocycles. The highest BCUT2D eigenvalue weighted by Crippen LogP contribution is 2.27. The molecular formula is C15H17BrN4O2. The number of hydrogen-bond donors (Lipinski definition) is 1. The van der Waals surface area contributed by atoms with Crippen LogP contribution in [0.2, 0.25) is 0 Å². The average Bonchev–Trinajstić information content (AvgIpc) is 3.00. The summed E-state index contributed by atoms with van der Waals surface area (Å²) in [4.78, 5) is 0. The normalized spacial score (nSPS) is 12.0. The van der Waals surface area contributed by atoms with Gasteiger partial charge in [-0.15, -0.1) is 5.10 Å². The van der Waals surface area contributed by atoms with Gasteiger partial charge in [0.15, 0.2) is 0 Å². The second-order valence-corrected chi connectivity index (χ2v) is 6.63. The predicted molar refractivity (Wildman–Crippen MR) is 87.4 cm³/mol. The van der Waals surface area contributed by atoms with Gasteiger partial charge in [0.05, 0.1) is 31.0 Å². The van der Waals surface area contributed by atoms with E-state index in [0.717, 1.165) is 21.1 Å². The van der Waals surface area contributed by atoms with E-state index < -0.39 is 5.60 Å². The van der Waals surface area contributed by atoms with Crippen LogP contribution in [0.1, 0.15) is 13.8 Å². The smallest absolute Gasteiger partial charge is 0.258 e. The first kappa shape index (κ1) is 15.1. The Morgan fingerprint density at radius 3 is 2.68 bits per heavy atom. The maximum atomic E-state index is 9.93. The minimum absolute atomic E-state index is 0.369. The van der Waals surface area contributed by atoms with Crippen LogP contribution in [0.25, 0.3) is 16.6 Å². The van der Waals surface area contributed by atoms with Crippen molar-refractivity contribution in [1.82, 2.24) is 19.6 Å². The Labute approximate surface area is 136 Å². The molecule has 3 rings (SSSR count). The summed E-state index contributed by atoms with van der Waals surface area (Å²) in [6, 6.07) is 5.87. The second kappa shape index (κ2) is 5.40. The third kappa shape index (κ3) is 2.86. The summed E-state index contributed by atoms with van der Waals surface area (Å²) in [6.07, 6.45) is 3.74. The van der Waals surface area contributed by atoms with E-state index in [9.17, 15) is 5.11 Å². The molecule has 0 aliphatic rings. The Morgan fingerprint density at radius 2 is 2.05 bits per heavy atom. The van der Waals surface area contributed by atoms with E-state index in [0.29, 0.717) is 12.4 Å². The van der Waals surface area contributed by atoms with E-state index in [1.807, 2.05) is 30.6 Å². The van der Waals surface area contributed by atoms with Gasteiger partial charge in [-0.25, -0.2) is 4.68 Å². The van der Waals surface area contributed by atoms with Gasteiger partial charge >= 0.3 is 0 Å². The van der Waals surface area contributed by atoms with E-state index in [1.54, 1.807) is 30.3 Å². The third-order valence-corrected chi connectivity index (χ3v) is 3.89. The van der Waals surface area contributed by atoms with Gasteiger partial charge in [0, 0.05) is 16.1 Å². The standard InChI is InChI=1S/C15H17BrN4O2/c1-15(2,21)9-19-8-13(14(18-19)22-3)20-7-10-11(16)5-4-6-12(10)17-20/h4-8,21H,9H2,1-3H3. The van der Waals surface area contributed by atoms with Gasteiger partial charge in [-0.1, -0.05) is 22.0 Å². The molecule has 1 N–H and O–H groups in total. The van der Waals surface area contributed by atoms with Gasteiger partial charge < -0.3 is 9.84 Å². The van der Waals surface area contributed by atoms with Crippen molar-refractivity contribution in [2.45, 2.75) is 26.0 Å². The fraction of sp³-hybridized carbons (Fsp3) is 0.333. The van der Waals surface area contributed by atoms with E-state index in [2.05, 4.69) is 26.1 Å². The zero-order chi connectivity index (χ0) is 15.9. The lowest BCUT2D eigenvalue weighted by Gasteiger charge is -2.16. The van der Waals surface area contributed by atoms with Gasteiger partial charge in [0.1, 0.15) is 5.69 Å². The zero-order valence-corrected chi connectivity index (χ0v) is 14.2. The highest BCUT2D eigenvalue weighted by atomic mass is 79.9. The van der Waals surface area contributed by atoms with Crippen molar-refractivity contribution >= 4 is 26.8 Å². The average molecular weight is 365 g/mol. The molecule has 0 unspecified atom stereocenters. The highest BCUT2D eigenvalue weighted by Gasteiger charge is 2.19. The number of aromatic nitrogens is 4. The van der Waals surface area contributed by atoms with Crippen molar-refractivity contribution in [1.29, 1.82) is 0 Å². The molecule has 22 heavy (non-hydrogen) atoms. The lowest BCUT2D eigenvalue weighted by Crippen LogP contribution is -2.26. The van der Waals surface area contributed by atoms with Crippen LogP contribution in [0.5, 0.6) is 5.88 Å². The largest absolute Gasteiger partial charge is 0.478 e. The molecule has 1 aromatic carbocycles. The number of nitrogens with zero attached hydrogens (tertiary/aromatic N) is 4. The van der Waals surface area contributed by atoms with Crippen LogP contribution in [0.15, 0.2) is 35.1 Å². The Kier molecular flexibility index (Phi) is 3.70. The fourth-order valence-corrected chi connectivity index (χ4v) is 2.76. The fourth-order valence-electron chi connectivity index (χ4n) is 2.30. The van der Waals surface area contributed by atoms with Gasteiger partial charge in [0.25, 0.3) is 5.88 Å². The first-order valence-electron chi connectivity index (χ1n) is 6.85. The molecule has 7 heteroatoms. The summed E-state index contributed by atoms with van der Waals surface area (Å²) in [5.41, 5.74) is 0.758. The van der Waals surface area contributed by atoms with Crippen LogP contribution in [0.4, 0.5) is 0 Å². The predicted octanol–water partition coefficient (Wildman–Crippen LogP) is 2.76. The van der Waals surface area contributed by atoms with Crippen molar-refractivity contribution in [3.05, 3.63) is 35.1 Å². The van der Waals surface area contributed by atoms with E-state index >= 15 is 0 Å². The van der Waals surface area contributed by atoms with Gasteiger partial charge in [-0.2, -0.15) is 5.10 Å². The maximum absolute atomic E-state index is 9.93. The van der Waals surface area contributed by atoms with E-state index in [-0.39, 0.29) is 0 Å². The van der Waals surface area contributed by atoms with Crippen molar-refractivity contribution < 1.29 is 9.84 Å². The summed E-state index contributed by atoms with van der Waals surface area (Å²) in [7, 11) is 1.57. The Morgan fingerprint density at radius 1 is 1.27 bits per heavy atom. The molecule has 0 atom stereocenters. The first-order valence-corrected chi connectivity index (χ1v) is 7.65. The number of rotatable bonds is 4. The van der Waals surface area contributed by atoms with Crippen molar-refractivity contribution in [3.8, 4) is 11.6 Å². The van der Waals surface area contributed by atoms with Crippen molar-refractivity contribution in [2.75, 3.05) is 7.11 Å². The molecule has 6 nitrogen and oxygen atoms in total. The molecule has 0 saturated heterocycles. The zero-order valence-electron chi connectivity index (χ0n) is 12.6. The van der Waals surface area contributed by atoms with Gasteiger partial charge in [-0.05, 0) is 26.0 Å². The highest BCUT2D eigenvalue weighted by molar-refractivity contribution is 9.10. The minimum atomic E-state index is -0.855. The van der Waals surface area contributed by atoms with Crippen LogP contribution in [-0.2, 0) is 6.54 Å². The number of aliphatic hydroxyl groups is 1. The summed E-state index contributed by atoms with van der Waals surface area (Å²) in [5.74, 6) is 0.466. The summed E-state index contributed by atoms with van der Waals surface area (Å²) >= 11 is 3.52. The van der Waals surface area contributed by atoms with Crippen LogP contribution in [-0.4, -0.2) is 37.4 Å². The molecule has 116 valence electrons. The van der Waals surface area contributed by atoms with Crippen molar-refractivity contribution in [3.63, 3.8) is 0 Å². The third-order valence-electron chi connectivity index (χ3n) is 3.20. The molecular weight excluding hydrogens is 348 g/mol. The molecule has 0 amide bonds. The maximum Gasteiger partial charge on any atom is 0.258 e. The Balaban J connectivity index is 2.07. The number of fused-ring (bicyclic) bond motifs is 1. The summed E-state index contributed by atoms with van der Waals surface area (Å²) < 4.78 is 9.72. The lowest BCUT2D eigenvalue weighted by atomic mass is 10.1. The Hall–Kier alpha value is -1.86. The SMILES string of the molecule is COc1nn(CC(C)(C)O)cc1-n1cc2c(Br)cccc2n1. The summed E-state index contributed by atoms with van der Waals surface area (Å²) in [6.45, 7) is 3.84. The van der Waals surface area contributed by atoms with Crippen LogP contribution >= 0.6 is 15.9 Å².